The molecule has 0 atom stereocenters. The van der Waals surface area contributed by atoms with E-state index in [1.165, 1.54) is 0 Å². The van der Waals surface area contributed by atoms with Gasteiger partial charge in [-0.1, -0.05) is 23.2 Å². The van der Waals surface area contributed by atoms with E-state index in [1.807, 2.05) is 0 Å². The maximum atomic E-state index is 13.4. The van der Waals surface area contributed by atoms with Gasteiger partial charge < -0.3 is 9.47 Å². The third kappa shape index (κ3) is 5.04. The second-order valence-electron chi connectivity index (χ2n) is 4.06. The van der Waals surface area contributed by atoms with Crippen LogP contribution in [0.5, 0.6) is 0 Å². The first-order chi connectivity index (χ1) is 9.90. The summed E-state index contributed by atoms with van der Waals surface area (Å²) in [7, 11) is 0. The molecule has 0 saturated carbocycles. The molecule has 21 heavy (non-hydrogen) atoms. The average Bonchev–Trinajstić information content (AvgIpc) is 2.42. The fraction of sp³-hybridized carbons (Fsp3) is 0.429. The molecule has 0 heterocycles. The summed E-state index contributed by atoms with van der Waals surface area (Å²) in [6.45, 7) is 3.93. The smallest absolute Gasteiger partial charge is 0.218 e. The zero-order valence-corrected chi connectivity index (χ0v) is 13.1. The molecule has 4 nitrogen and oxygen atoms in total. The first kappa shape index (κ1) is 18.0. The lowest BCUT2D eigenvalue weighted by Crippen LogP contribution is -2.29. The van der Waals surface area contributed by atoms with E-state index in [0.29, 0.717) is 0 Å². The van der Waals surface area contributed by atoms with Gasteiger partial charge in [-0.05, 0) is 26.0 Å². The molecule has 0 aliphatic heterocycles. The van der Waals surface area contributed by atoms with Crippen LogP contribution in [0.15, 0.2) is 12.1 Å². The number of ketones is 2. The molecule has 7 heteroatoms. The van der Waals surface area contributed by atoms with E-state index < -0.39 is 30.1 Å². The normalized spacial score (nSPS) is 11.0. The average molecular weight is 337 g/mol. The maximum absolute atomic E-state index is 13.4. The van der Waals surface area contributed by atoms with Gasteiger partial charge in [-0.2, -0.15) is 0 Å². The lowest BCUT2D eigenvalue weighted by molar-refractivity contribution is -0.166. The Bertz CT molecular complexity index is 528. The van der Waals surface area contributed by atoms with Crippen LogP contribution in [0.1, 0.15) is 30.6 Å². The minimum Gasteiger partial charge on any atom is -0.346 e. The van der Waals surface area contributed by atoms with Crippen molar-refractivity contribution in [3.63, 3.8) is 0 Å². The fourth-order valence-electron chi connectivity index (χ4n) is 1.61. The number of Topliss-reactive ketones (excluding diaryl/α,β-unsaturated/α-hetero) is 2. The van der Waals surface area contributed by atoms with Crippen LogP contribution in [-0.4, -0.2) is 31.1 Å². The second-order valence-corrected chi connectivity index (χ2v) is 4.87. The molecular formula is C14H15Cl2FO4. The van der Waals surface area contributed by atoms with Crippen molar-refractivity contribution in [2.75, 3.05) is 13.2 Å². The molecule has 0 radical (unpaired) electrons. The van der Waals surface area contributed by atoms with Crippen molar-refractivity contribution in [3.05, 3.63) is 33.6 Å². The van der Waals surface area contributed by atoms with Crippen molar-refractivity contribution >= 4 is 34.8 Å². The van der Waals surface area contributed by atoms with Crippen LogP contribution in [0, 0.1) is 5.82 Å². The van der Waals surface area contributed by atoms with Gasteiger partial charge in [0.15, 0.2) is 11.6 Å². The lowest BCUT2D eigenvalue weighted by Gasteiger charge is -2.15. The van der Waals surface area contributed by atoms with Gasteiger partial charge in [0, 0.05) is 18.8 Å². The van der Waals surface area contributed by atoms with Crippen LogP contribution in [0.25, 0.3) is 0 Å². The monoisotopic (exact) mass is 336 g/mol. The fourth-order valence-corrected chi connectivity index (χ4v) is 2.10. The summed E-state index contributed by atoms with van der Waals surface area (Å²) in [6.07, 6.45) is -1.61. The summed E-state index contributed by atoms with van der Waals surface area (Å²) >= 11 is 11.4. The first-order valence-electron chi connectivity index (χ1n) is 6.34. The van der Waals surface area contributed by atoms with Crippen molar-refractivity contribution in [2.24, 2.45) is 0 Å². The number of halogens is 3. The molecule has 0 amide bonds. The van der Waals surface area contributed by atoms with E-state index in [4.69, 9.17) is 32.7 Å². The highest BCUT2D eigenvalue weighted by Gasteiger charge is 2.24. The van der Waals surface area contributed by atoms with Gasteiger partial charge in [-0.25, -0.2) is 4.39 Å². The molecule has 1 rings (SSSR count). The molecule has 0 aliphatic carbocycles. The van der Waals surface area contributed by atoms with Crippen LogP contribution in [-0.2, 0) is 14.3 Å². The minimum absolute atomic E-state index is 0.0106. The van der Waals surface area contributed by atoms with E-state index in [9.17, 15) is 14.0 Å². The van der Waals surface area contributed by atoms with Crippen molar-refractivity contribution in [1.29, 1.82) is 0 Å². The molecule has 0 N–H and O–H groups in total. The Morgan fingerprint density at radius 1 is 1.14 bits per heavy atom. The molecule has 0 aromatic heterocycles. The zero-order valence-electron chi connectivity index (χ0n) is 11.6. The Kier molecular flexibility index (Phi) is 7.25. The van der Waals surface area contributed by atoms with E-state index >= 15 is 0 Å². The van der Waals surface area contributed by atoms with E-state index in [1.54, 1.807) is 13.8 Å². The van der Waals surface area contributed by atoms with E-state index in [2.05, 4.69) is 0 Å². The Morgan fingerprint density at radius 2 is 1.71 bits per heavy atom. The summed E-state index contributed by atoms with van der Waals surface area (Å²) in [6, 6.07) is 2.04. The predicted molar refractivity (Wildman–Crippen MR) is 77.4 cm³/mol. The van der Waals surface area contributed by atoms with Crippen molar-refractivity contribution in [3.8, 4) is 0 Å². The zero-order chi connectivity index (χ0) is 16.0. The van der Waals surface area contributed by atoms with Gasteiger partial charge in [0.05, 0.1) is 16.5 Å². The topological polar surface area (TPSA) is 52.6 Å². The Balaban J connectivity index is 2.85. The highest BCUT2D eigenvalue weighted by molar-refractivity contribution is 6.37. The van der Waals surface area contributed by atoms with Crippen molar-refractivity contribution in [1.82, 2.24) is 0 Å². The van der Waals surface area contributed by atoms with E-state index in [-0.39, 0.29) is 28.8 Å². The minimum atomic E-state index is -1.11. The number of hydrogen-bond donors (Lipinski definition) is 0. The molecule has 0 spiro atoms. The quantitative estimate of drug-likeness (QED) is 0.314. The molecule has 1 aromatic carbocycles. The summed E-state index contributed by atoms with van der Waals surface area (Å²) in [4.78, 5) is 24.0. The van der Waals surface area contributed by atoms with Gasteiger partial charge >= 0.3 is 0 Å². The molecule has 0 bridgehead atoms. The largest absolute Gasteiger partial charge is 0.346 e. The first-order valence-corrected chi connectivity index (χ1v) is 7.09. The number of benzene rings is 1. The third-order valence-corrected chi connectivity index (χ3v) is 3.15. The molecule has 1 aromatic rings. The summed E-state index contributed by atoms with van der Waals surface area (Å²) in [5, 5.41) is -0.201. The van der Waals surface area contributed by atoms with Gasteiger partial charge in [-0.15, -0.1) is 0 Å². The predicted octanol–water partition coefficient (Wildman–Crippen LogP) is 3.67. The van der Waals surface area contributed by atoms with Crippen LogP contribution in [0.4, 0.5) is 4.39 Å². The number of carbonyl (C=O) groups is 2. The van der Waals surface area contributed by atoms with Gasteiger partial charge in [-0.3, -0.25) is 9.59 Å². The number of ether oxygens (including phenoxy) is 2. The Labute approximate surface area is 132 Å². The van der Waals surface area contributed by atoms with Crippen molar-refractivity contribution < 1.29 is 23.5 Å². The second kappa shape index (κ2) is 8.44. The van der Waals surface area contributed by atoms with Gasteiger partial charge in [0.1, 0.15) is 5.82 Å². The Morgan fingerprint density at radius 3 is 2.24 bits per heavy atom. The van der Waals surface area contributed by atoms with Crippen LogP contribution in [0.3, 0.4) is 0 Å². The SMILES string of the molecule is CCOC(OCC)C(=O)CC(=O)c1cc(F)c(Cl)cc1Cl. The molecule has 0 aliphatic rings. The summed E-state index contributed by atoms with van der Waals surface area (Å²) < 4.78 is 23.6. The third-order valence-electron chi connectivity index (χ3n) is 2.54. The summed E-state index contributed by atoms with van der Waals surface area (Å²) in [5.41, 5.74) is -0.0985. The standard InChI is InChI=1S/C14H15Cl2FO4/c1-3-20-14(21-4-2)13(19)7-12(18)8-5-11(17)10(16)6-9(8)15/h5-6,14H,3-4,7H2,1-2H3. The van der Waals surface area contributed by atoms with Crippen LogP contribution >= 0.6 is 23.2 Å². The van der Waals surface area contributed by atoms with Gasteiger partial charge in [0.2, 0.25) is 6.29 Å². The highest BCUT2D eigenvalue weighted by Crippen LogP contribution is 2.25. The van der Waals surface area contributed by atoms with Crippen LogP contribution in [0.2, 0.25) is 10.0 Å². The number of hydrogen-bond acceptors (Lipinski definition) is 4. The van der Waals surface area contributed by atoms with Crippen LogP contribution < -0.4 is 0 Å². The van der Waals surface area contributed by atoms with Gasteiger partial charge in [0.25, 0.3) is 0 Å². The van der Waals surface area contributed by atoms with Crippen molar-refractivity contribution in [2.45, 2.75) is 26.6 Å². The maximum Gasteiger partial charge on any atom is 0.218 e. The van der Waals surface area contributed by atoms with E-state index in [0.717, 1.165) is 12.1 Å². The molecule has 116 valence electrons. The Hall–Kier alpha value is -1.01. The summed E-state index contributed by atoms with van der Waals surface area (Å²) in [5.74, 6) is -1.94. The number of rotatable bonds is 8. The highest BCUT2D eigenvalue weighted by atomic mass is 35.5. The molecule has 0 fully saturated rings. The molecule has 0 unspecified atom stereocenters. The molecular weight excluding hydrogens is 322 g/mol. The number of carbonyl (C=O) groups excluding carboxylic acids is 2. The molecule has 0 saturated heterocycles. The lowest BCUT2D eigenvalue weighted by atomic mass is 10.1.